The van der Waals surface area contributed by atoms with Gasteiger partial charge in [0.1, 0.15) is 5.78 Å². The lowest BCUT2D eigenvalue weighted by Crippen LogP contribution is -2.35. The van der Waals surface area contributed by atoms with Crippen LogP contribution in [0.15, 0.2) is 35.2 Å². The van der Waals surface area contributed by atoms with Gasteiger partial charge in [-0.1, -0.05) is 52.3 Å². The molecule has 0 aliphatic carbocycles. The van der Waals surface area contributed by atoms with E-state index in [1.54, 1.807) is 6.92 Å². The molecule has 0 heterocycles. The second-order valence-electron chi connectivity index (χ2n) is 6.21. The van der Waals surface area contributed by atoms with Gasteiger partial charge in [0.2, 0.25) is 0 Å². The highest BCUT2D eigenvalue weighted by atomic mass is 32.2. The Morgan fingerprint density at radius 2 is 1.79 bits per heavy atom. The Kier molecular flexibility index (Phi) is 6.12. The lowest BCUT2D eigenvalue weighted by Gasteiger charge is -2.35. The molecule has 0 amide bonds. The molecule has 0 radical (unpaired) electrons. The van der Waals surface area contributed by atoms with Gasteiger partial charge in [0.05, 0.1) is 0 Å². The van der Waals surface area contributed by atoms with Gasteiger partial charge in [0.15, 0.2) is 0 Å². The second-order valence-corrected chi connectivity index (χ2v) is 7.52. The summed E-state index contributed by atoms with van der Waals surface area (Å²) >= 11 is 1.86. The minimum atomic E-state index is 0.0213. The number of hydrogen-bond donors (Lipinski definition) is 0. The van der Waals surface area contributed by atoms with Gasteiger partial charge in [0, 0.05) is 16.1 Å². The quantitative estimate of drug-likeness (QED) is 0.665. The number of rotatable bonds is 6. The van der Waals surface area contributed by atoms with Crippen LogP contribution in [0.5, 0.6) is 0 Å². The van der Waals surface area contributed by atoms with Crippen LogP contribution >= 0.6 is 11.8 Å². The monoisotopic (exact) mass is 278 g/mol. The number of carbonyl (C=O) groups is 1. The van der Waals surface area contributed by atoms with Gasteiger partial charge in [-0.25, -0.2) is 0 Å². The molecule has 0 spiro atoms. The van der Waals surface area contributed by atoms with Gasteiger partial charge >= 0.3 is 0 Å². The first-order chi connectivity index (χ1) is 8.86. The van der Waals surface area contributed by atoms with Crippen LogP contribution < -0.4 is 0 Å². The molecule has 106 valence electrons. The Morgan fingerprint density at radius 3 is 2.21 bits per heavy atom. The average Bonchev–Trinajstić information content (AvgIpc) is 2.28. The Hall–Kier alpha value is -0.760. The molecule has 19 heavy (non-hydrogen) atoms. The standard InChI is InChI=1S/C17H26OS/c1-6-10-15(16(13(2)18)17(3,4)5)19-14-11-8-7-9-12-14/h7-9,11-12,15-16H,6,10H2,1-5H3/t15-,16+/m0/s1. The van der Waals surface area contributed by atoms with Crippen molar-refractivity contribution in [1.82, 2.24) is 0 Å². The summed E-state index contributed by atoms with van der Waals surface area (Å²) in [5, 5.41) is 0.366. The highest BCUT2D eigenvalue weighted by Gasteiger charge is 2.35. The summed E-state index contributed by atoms with van der Waals surface area (Å²) in [6.45, 7) is 10.5. The Balaban J connectivity index is 2.94. The third-order valence-corrected chi connectivity index (χ3v) is 4.70. The van der Waals surface area contributed by atoms with Gasteiger partial charge < -0.3 is 0 Å². The second kappa shape index (κ2) is 7.14. The third-order valence-electron chi connectivity index (χ3n) is 3.35. The van der Waals surface area contributed by atoms with Crippen molar-refractivity contribution in [2.75, 3.05) is 0 Å². The van der Waals surface area contributed by atoms with E-state index >= 15 is 0 Å². The highest BCUT2D eigenvalue weighted by Crippen LogP contribution is 2.40. The molecule has 1 rings (SSSR count). The molecule has 0 N–H and O–H groups in total. The van der Waals surface area contributed by atoms with E-state index in [9.17, 15) is 4.79 Å². The molecule has 0 unspecified atom stereocenters. The van der Waals surface area contributed by atoms with E-state index in [1.807, 2.05) is 17.8 Å². The molecule has 2 atom stereocenters. The molecule has 0 bridgehead atoms. The number of ketones is 1. The Labute approximate surface area is 122 Å². The van der Waals surface area contributed by atoms with Crippen LogP contribution in [0.4, 0.5) is 0 Å². The van der Waals surface area contributed by atoms with Gasteiger partial charge in [-0.2, -0.15) is 0 Å². The van der Waals surface area contributed by atoms with Crippen LogP contribution in [0.3, 0.4) is 0 Å². The van der Waals surface area contributed by atoms with E-state index in [-0.39, 0.29) is 11.3 Å². The fourth-order valence-electron chi connectivity index (χ4n) is 2.68. The van der Waals surface area contributed by atoms with E-state index in [0.29, 0.717) is 11.0 Å². The molecule has 0 aromatic heterocycles. The van der Waals surface area contributed by atoms with Crippen LogP contribution in [0, 0.1) is 11.3 Å². The molecule has 1 aromatic rings. The van der Waals surface area contributed by atoms with Crippen molar-refractivity contribution >= 4 is 17.5 Å². The lowest BCUT2D eigenvalue weighted by molar-refractivity contribution is -0.123. The van der Waals surface area contributed by atoms with Crippen LogP contribution in [0.1, 0.15) is 47.5 Å². The summed E-state index contributed by atoms with van der Waals surface area (Å²) in [5.41, 5.74) is 0.0213. The van der Waals surface area contributed by atoms with Crippen molar-refractivity contribution in [2.24, 2.45) is 11.3 Å². The molecule has 1 aromatic carbocycles. The van der Waals surface area contributed by atoms with Crippen molar-refractivity contribution in [3.05, 3.63) is 30.3 Å². The minimum absolute atomic E-state index is 0.0213. The predicted octanol–water partition coefficient (Wildman–Crippen LogP) is 5.20. The van der Waals surface area contributed by atoms with E-state index in [1.165, 1.54) is 4.90 Å². The largest absolute Gasteiger partial charge is 0.300 e. The Morgan fingerprint density at radius 1 is 1.21 bits per heavy atom. The first kappa shape index (κ1) is 16.3. The molecule has 0 saturated carbocycles. The van der Waals surface area contributed by atoms with Gasteiger partial charge in [-0.15, -0.1) is 11.8 Å². The van der Waals surface area contributed by atoms with Crippen LogP contribution in [0.25, 0.3) is 0 Å². The molecule has 2 heteroatoms. The smallest absolute Gasteiger partial charge is 0.134 e. The van der Waals surface area contributed by atoms with E-state index in [2.05, 4.69) is 52.0 Å². The molecular formula is C17H26OS. The maximum absolute atomic E-state index is 12.1. The first-order valence-corrected chi connectivity index (χ1v) is 7.96. The zero-order valence-electron chi connectivity index (χ0n) is 12.8. The topological polar surface area (TPSA) is 17.1 Å². The number of Topliss-reactive ketones (excluding diaryl/α,β-unsaturated/α-hetero) is 1. The summed E-state index contributed by atoms with van der Waals surface area (Å²) in [5.74, 6) is 0.423. The minimum Gasteiger partial charge on any atom is -0.300 e. The fourth-order valence-corrected chi connectivity index (χ4v) is 4.43. The molecule has 0 saturated heterocycles. The Bertz CT molecular complexity index is 391. The molecule has 0 aliphatic heterocycles. The number of benzene rings is 1. The summed E-state index contributed by atoms with van der Waals surface area (Å²) < 4.78 is 0. The molecule has 0 fully saturated rings. The summed E-state index contributed by atoms with van der Waals surface area (Å²) in [4.78, 5) is 13.3. The lowest BCUT2D eigenvalue weighted by atomic mass is 9.75. The van der Waals surface area contributed by atoms with E-state index < -0.39 is 0 Å². The molecular weight excluding hydrogens is 252 g/mol. The van der Waals surface area contributed by atoms with Crippen molar-refractivity contribution < 1.29 is 4.79 Å². The van der Waals surface area contributed by atoms with E-state index in [4.69, 9.17) is 0 Å². The first-order valence-electron chi connectivity index (χ1n) is 7.08. The third kappa shape index (κ3) is 5.02. The van der Waals surface area contributed by atoms with Crippen molar-refractivity contribution in [2.45, 2.75) is 57.6 Å². The molecule has 0 aliphatic rings. The normalized spacial score (nSPS) is 15.0. The van der Waals surface area contributed by atoms with Gasteiger partial charge in [0.25, 0.3) is 0 Å². The summed E-state index contributed by atoms with van der Waals surface area (Å²) in [6.07, 6.45) is 2.20. The number of carbonyl (C=O) groups excluding carboxylic acids is 1. The van der Waals surface area contributed by atoms with Crippen molar-refractivity contribution in [3.8, 4) is 0 Å². The number of hydrogen-bond acceptors (Lipinski definition) is 2. The summed E-state index contributed by atoms with van der Waals surface area (Å²) in [6, 6.07) is 10.4. The SMILES string of the molecule is CCC[C@H](Sc1ccccc1)[C@@H](C(C)=O)C(C)(C)C. The maximum atomic E-state index is 12.1. The molecule has 1 nitrogen and oxygen atoms in total. The van der Waals surface area contributed by atoms with Crippen LogP contribution in [-0.2, 0) is 4.79 Å². The summed E-state index contributed by atoms with van der Waals surface area (Å²) in [7, 11) is 0. The van der Waals surface area contributed by atoms with Crippen molar-refractivity contribution in [1.29, 1.82) is 0 Å². The number of thioether (sulfide) groups is 1. The average molecular weight is 278 g/mol. The van der Waals surface area contributed by atoms with Crippen molar-refractivity contribution in [3.63, 3.8) is 0 Å². The highest BCUT2D eigenvalue weighted by molar-refractivity contribution is 8.00. The van der Waals surface area contributed by atoms with Crippen LogP contribution in [-0.4, -0.2) is 11.0 Å². The van der Waals surface area contributed by atoms with Crippen LogP contribution in [0.2, 0.25) is 0 Å². The van der Waals surface area contributed by atoms with Gasteiger partial charge in [-0.05, 0) is 30.9 Å². The zero-order chi connectivity index (χ0) is 14.5. The van der Waals surface area contributed by atoms with E-state index in [0.717, 1.165) is 12.8 Å². The fraction of sp³-hybridized carbons (Fsp3) is 0.588. The maximum Gasteiger partial charge on any atom is 0.134 e. The predicted molar refractivity (Wildman–Crippen MR) is 84.6 cm³/mol. The zero-order valence-corrected chi connectivity index (χ0v) is 13.6. The van der Waals surface area contributed by atoms with Gasteiger partial charge in [-0.3, -0.25) is 4.79 Å².